The van der Waals surface area contributed by atoms with Crippen LogP contribution in [0.4, 0.5) is 34.1 Å². The van der Waals surface area contributed by atoms with Crippen LogP contribution in [-0.2, 0) is 21.7 Å². The minimum absolute atomic E-state index is 0.149. The molecule has 0 saturated heterocycles. The molecule has 22 rings (SSSR count). The molecule has 0 heterocycles. The third-order valence-electron chi connectivity index (χ3n) is 25.9. The van der Waals surface area contributed by atoms with Crippen molar-refractivity contribution < 1.29 is 0 Å². The zero-order valence-corrected chi connectivity index (χ0v) is 66.6. The summed E-state index contributed by atoms with van der Waals surface area (Å²) in [6.45, 7) is 9.49. The van der Waals surface area contributed by atoms with Gasteiger partial charge < -0.3 is 9.80 Å². The van der Waals surface area contributed by atoms with E-state index in [1.165, 1.54) is 156 Å². The SMILES string of the molecule is CC1(C)c2ccccc2-c2ccc(N(c3cc(-c4ccccc4)cc(-c4ccccc4)c3)c3ccc4c(c3)C(c3ccccc3)(c3ccccc3)c3ccccc3-4)cc21.CC1(C)c2ccccc2-c2ccc(N(c3ccc4c(c3)C(c3ccccc3)(c3ccccc3)c3ccccc3-4)c3ccc(-c4ccccc4)cc3-c3ccccc3)cc21. The second kappa shape index (κ2) is 28.8. The molecule has 0 N–H and O–H groups in total. The summed E-state index contributed by atoms with van der Waals surface area (Å²) >= 11 is 0. The molecule has 18 aromatic carbocycles. The average molecular weight is 1510 g/mol. The largest absolute Gasteiger partial charge is 0.310 e. The van der Waals surface area contributed by atoms with Crippen LogP contribution >= 0.6 is 0 Å². The molecule has 0 atom stereocenters. The maximum Gasteiger partial charge on any atom is 0.0714 e. The van der Waals surface area contributed by atoms with Crippen LogP contribution in [0.15, 0.2) is 449 Å². The van der Waals surface area contributed by atoms with Gasteiger partial charge in [-0.1, -0.05) is 398 Å². The molecule has 0 aliphatic heterocycles. The molecule has 0 radical (unpaired) electrons. The highest BCUT2D eigenvalue weighted by molar-refractivity contribution is 5.97. The Hall–Kier alpha value is -14.4. The van der Waals surface area contributed by atoms with Gasteiger partial charge in [0, 0.05) is 44.8 Å². The van der Waals surface area contributed by atoms with Crippen LogP contribution in [0, 0.1) is 0 Å². The van der Waals surface area contributed by atoms with E-state index >= 15 is 0 Å². The second-order valence-electron chi connectivity index (χ2n) is 33.0. The van der Waals surface area contributed by atoms with Crippen LogP contribution in [0.25, 0.3) is 89.0 Å². The smallest absolute Gasteiger partial charge is 0.0714 e. The van der Waals surface area contributed by atoms with E-state index < -0.39 is 10.8 Å². The van der Waals surface area contributed by atoms with E-state index in [-0.39, 0.29) is 10.8 Å². The molecule has 0 amide bonds. The minimum Gasteiger partial charge on any atom is -0.310 e. The first kappa shape index (κ1) is 71.3. The number of benzene rings is 18. The van der Waals surface area contributed by atoms with Gasteiger partial charge in [-0.15, -0.1) is 0 Å². The van der Waals surface area contributed by atoms with Gasteiger partial charge in [-0.3, -0.25) is 0 Å². The molecule has 118 heavy (non-hydrogen) atoms. The lowest BCUT2D eigenvalue weighted by Gasteiger charge is -2.35. The Labute approximate surface area is 693 Å². The van der Waals surface area contributed by atoms with Crippen LogP contribution in [-0.4, -0.2) is 0 Å². The zero-order chi connectivity index (χ0) is 79.1. The first-order valence-corrected chi connectivity index (χ1v) is 41.4. The highest BCUT2D eigenvalue weighted by atomic mass is 15.2. The van der Waals surface area contributed by atoms with Gasteiger partial charge in [0.05, 0.1) is 16.5 Å². The summed E-state index contributed by atoms with van der Waals surface area (Å²) in [6, 6.07) is 166. The topological polar surface area (TPSA) is 6.48 Å². The predicted octanol–water partition coefficient (Wildman–Crippen LogP) is 30.3. The van der Waals surface area contributed by atoms with Crippen molar-refractivity contribution in [2.75, 3.05) is 9.80 Å². The van der Waals surface area contributed by atoms with Crippen LogP contribution in [0.5, 0.6) is 0 Å². The van der Waals surface area contributed by atoms with Gasteiger partial charge >= 0.3 is 0 Å². The van der Waals surface area contributed by atoms with Crippen molar-refractivity contribution in [3.05, 3.63) is 516 Å². The van der Waals surface area contributed by atoms with Gasteiger partial charge in [-0.2, -0.15) is 0 Å². The minimum atomic E-state index is -0.517. The van der Waals surface area contributed by atoms with E-state index in [1.807, 2.05) is 0 Å². The summed E-state index contributed by atoms with van der Waals surface area (Å²) in [4.78, 5) is 5.02. The fourth-order valence-corrected chi connectivity index (χ4v) is 20.4. The Bertz CT molecular complexity index is 6690. The van der Waals surface area contributed by atoms with Crippen molar-refractivity contribution >= 4 is 34.1 Å². The zero-order valence-electron chi connectivity index (χ0n) is 66.6. The summed E-state index contributed by atoms with van der Waals surface area (Å²) in [6.07, 6.45) is 0. The fourth-order valence-electron chi connectivity index (χ4n) is 20.4. The van der Waals surface area contributed by atoms with E-state index in [0.717, 1.165) is 34.1 Å². The lowest BCUT2D eigenvalue weighted by molar-refractivity contribution is 0.660. The molecule has 0 bridgehead atoms. The number of hydrogen-bond acceptors (Lipinski definition) is 2. The molecule has 2 nitrogen and oxygen atoms in total. The molecule has 0 spiro atoms. The summed E-state index contributed by atoms with van der Waals surface area (Å²) in [7, 11) is 0. The van der Waals surface area contributed by atoms with Gasteiger partial charge in [-0.05, 0) is 229 Å². The summed E-state index contributed by atoms with van der Waals surface area (Å²) < 4.78 is 0. The first-order chi connectivity index (χ1) is 58.0. The monoisotopic (exact) mass is 1510 g/mol. The number of fused-ring (bicyclic) bond motifs is 12. The van der Waals surface area contributed by atoms with Gasteiger partial charge in [0.2, 0.25) is 0 Å². The molecule has 2 heteroatoms. The molecule has 0 aromatic heterocycles. The van der Waals surface area contributed by atoms with Crippen molar-refractivity contribution in [1.29, 1.82) is 0 Å². The van der Waals surface area contributed by atoms with Crippen molar-refractivity contribution in [3.63, 3.8) is 0 Å². The van der Waals surface area contributed by atoms with Gasteiger partial charge in [-0.25, -0.2) is 0 Å². The van der Waals surface area contributed by atoms with Crippen LogP contribution in [0.2, 0.25) is 0 Å². The van der Waals surface area contributed by atoms with E-state index in [2.05, 4.69) is 486 Å². The quantitative estimate of drug-likeness (QED) is 0.107. The summed E-state index contributed by atoms with van der Waals surface area (Å²) in [5.74, 6) is 0. The molecule has 560 valence electrons. The average Bonchev–Trinajstić information content (AvgIpc) is 1.53. The Kier molecular flexibility index (Phi) is 17.4. The molecule has 0 fully saturated rings. The van der Waals surface area contributed by atoms with Crippen molar-refractivity contribution in [1.82, 2.24) is 0 Å². The Morgan fingerprint density at radius 3 is 0.788 bits per heavy atom. The highest BCUT2D eigenvalue weighted by Crippen LogP contribution is 2.61. The third kappa shape index (κ3) is 11.5. The van der Waals surface area contributed by atoms with Crippen LogP contribution in [0.1, 0.15) is 94.5 Å². The number of hydrogen-bond donors (Lipinski definition) is 0. The number of nitrogens with zero attached hydrogens (tertiary/aromatic N) is 2. The Balaban J connectivity index is 0.000000147. The van der Waals surface area contributed by atoms with Crippen LogP contribution < -0.4 is 9.80 Å². The van der Waals surface area contributed by atoms with Gasteiger partial charge in [0.15, 0.2) is 0 Å². The Morgan fingerprint density at radius 1 is 0.153 bits per heavy atom. The number of rotatable bonds is 14. The molecule has 18 aromatic rings. The fraction of sp³-hybridized carbons (Fsp3) is 0.0690. The summed E-state index contributed by atoms with van der Waals surface area (Å²) in [5.41, 5.74) is 40.9. The third-order valence-corrected chi connectivity index (χ3v) is 25.9. The molecule has 0 unspecified atom stereocenters. The molecule has 0 saturated carbocycles. The molecular weight excluding hydrogens is 1420 g/mol. The highest BCUT2D eigenvalue weighted by Gasteiger charge is 2.49. The first-order valence-electron chi connectivity index (χ1n) is 41.4. The lowest BCUT2D eigenvalue weighted by Crippen LogP contribution is -2.28. The summed E-state index contributed by atoms with van der Waals surface area (Å²) in [5, 5.41) is 0. The molecule has 4 aliphatic rings. The lowest BCUT2D eigenvalue weighted by atomic mass is 9.67. The van der Waals surface area contributed by atoms with E-state index in [9.17, 15) is 0 Å². The van der Waals surface area contributed by atoms with Crippen LogP contribution in [0.3, 0.4) is 0 Å². The normalized spacial score (nSPS) is 13.9. The molecule has 4 aliphatic carbocycles. The second-order valence-corrected chi connectivity index (χ2v) is 33.0. The van der Waals surface area contributed by atoms with Crippen molar-refractivity contribution in [2.24, 2.45) is 0 Å². The van der Waals surface area contributed by atoms with E-state index in [1.54, 1.807) is 0 Å². The van der Waals surface area contributed by atoms with E-state index in [4.69, 9.17) is 0 Å². The van der Waals surface area contributed by atoms with Crippen molar-refractivity contribution in [3.8, 4) is 89.0 Å². The van der Waals surface area contributed by atoms with Gasteiger partial charge in [0.25, 0.3) is 0 Å². The Morgan fingerprint density at radius 2 is 0.424 bits per heavy atom. The van der Waals surface area contributed by atoms with E-state index in [0.29, 0.717) is 0 Å². The predicted molar refractivity (Wildman–Crippen MR) is 494 cm³/mol. The van der Waals surface area contributed by atoms with Gasteiger partial charge in [0.1, 0.15) is 0 Å². The van der Waals surface area contributed by atoms with Crippen molar-refractivity contribution in [2.45, 2.75) is 49.4 Å². The standard InChI is InChI=1S/2C58H43N/c1-57(2)52-29-17-15-27-47(52)49-34-32-45(38-54(49)57)59(56-36-31-42(40-19-7-3-8-20-40)37-51(56)41-21-9-4-10-22-41)46-33-35-50-48-28-16-18-30-53(48)58(55(50)39-46,43-23-11-5-12-24-43)44-25-13-6-14-26-44;1-57(2)53-29-17-15-27-49(53)51-33-31-46(38-55(51)57)59(48-36-42(40-19-7-3-8-20-40)35-43(37-48)41-21-9-4-10-22-41)47-32-34-52-50-28-16-18-30-54(50)58(56(52)39-47,44-23-11-5-12-24-44)45-25-13-6-14-26-45/h2*3-39H,1-2H3. The molecular formula is C116H86N2. The maximum atomic E-state index is 2.51. The maximum absolute atomic E-state index is 2.51. The number of anilines is 6.